The molecule has 0 aliphatic carbocycles. The van der Waals surface area contributed by atoms with Gasteiger partial charge in [0, 0.05) is 31.8 Å². The van der Waals surface area contributed by atoms with E-state index in [1.165, 1.54) is 11.1 Å². The number of benzene rings is 1. The van der Waals surface area contributed by atoms with E-state index < -0.39 is 0 Å². The van der Waals surface area contributed by atoms with Crippen LogP contribution in [0.25, 0.3) is 0 Å². The van der Waals surface area contributed by atoms with Crippen LogP contribution in [0.5, 0.6) is 5.75 Å². The average molecular weight is 338 g/mol. The van der Waals surface area contributed by atoms with Gasteiger partial charge < -0.3 is 19.5 Å². The molecule has 1 N–H and O–H groups in total. The summed E-state index contributed by atoms with van der Waals surface area (Å²) < 4.78 is 16.0. The molecule has 0 amide bonds. The molecule has 0 radical (unpaired) electrons. The van der Waals surface area contributed by atoms with E-state index in [4.69, 9.17) is 14.2 Å². The lowest BCUT2D eigenvalue weighted by atomic mass is 10.0. The molecule has 138 valence electrons. The molecule has 24 heavy (non-hydrogen) atoms. The maximum absolute atomic E-state index is 5.53. The number of hydrogen-bond donors (Lipinski definition) is 1. The Labute approximate surface area is 147 Å². The van der Waals surface area contributed by atoms with Gasteiger partial charge in [-0.1, -0.05) is 19.9 Å². The van der Waals surface area contributed by atoms with Crippen LogP contribution >= 0.6 is 0 Å². The molecule has 5 heteroatoms. The van der Waals surface area contributed by atoms with Gasteiger partial charge in [0.05, 0.1) is 26.9 Å². The van der Waals surface area contributed by atoms with E-state index in [0.29, 0.717) is 19.8 Å². The predicted molar refractivity (Wildman–Crippen MR) is 98.7 cm³/mol. The van der Waals surface area contributed by atoms with Crippen LogP contribution in [-0.4, -0.2) is 58.6 Å². The first-order valence-electron chi connectivity index (χ1n) is 8.85. The standard InChI is InChI=1S/C19H34N2O3/c1-6-21(7-2)15-18-14-17(8-9-19(18)23-5)16(3)20-10-11-24-13-12-22-4/h8-9,14,16,20H,6-7,10-13,15H2,1-5H3. The number of hydrogen-bond acceptors (Lipinski definition) is 5. The summed E-state index contributed by atoms with van der Waals surface area (Å²) in [5, 5.41) is 3.50. The zero-order valence-electron chi connectivity index (χ0n) is 15.9. The Morgan fingerprint density at radius 2 is 1.83 bits per heavy atom. The van der Waals surface area contributed by atoms with E-state index in [1.807, 2.05) is 0 Å². The van der Waals surface area contributed by atoms with Gasteiger partial charge in [0.1, 0.15) is 5.75 Å². The third kappa shape index (κ3) is 7.18. The first kappa shape index (κ1) is 20.9. The monoisotopic (exact) mass is 338 g/mol. The highest BCUT2D eigenvalue weighted by atomic mass is 16.5. The van der Waals surface area contributed by atoms with Crippen molar-refractivity contribution in [1.82, 2.24) is 10.2 Å². The fraction of sp³-hybridized carbons (Fsp3) is 0.684. The van der Waals surface area contributed by atoms with E-state index in [2.05, 4.69) is 49.2 Å². The van der Waals surface area contributed by atoms with Gasteiger partial charge in [-0.15, -0.1) is 0 Å². The summed E-state index contributed by atoms with van der Waals surface area (Å²) in [5.74, 6) is 0.959. The minimum Gasteiger partial charge on any atom is -0.496 e. The van der Waals surface area contributed by atoms with Gasteiger partial charge in [-0.2, -0.15) is 0 Å². The van der Waals surface area contributed by atoms with E-state index in [9.17, 15) is 0 Å². The van der Waals surface area contributed by atoms with Crippen molar-refractivity contribution in [3.8, 4) is 5.75 Å². The number of rotatable bonds is 13. The minimum atomic E-state index is 0.275. The van der Waals surface area contributed by atoms with Crippen LogP contribution < -0.4 is 10.1 Å². The van der Waals surface area contributed by atoms with Gasteiger partial charge in [-0.25, -0.2) is 0 Å². The maximum Gasteiger partial charge on any atom is 0.123 e. The van der Waals surface area contributed by atoms with Gasteiger partial charge in [0.15, 0.2) is 0 Å². The molecule has 1 rings (SSSR count). The average Bonchev–Trinajstić information content (AvgIpc) is 2.62. The highest BCUT2D eigenvalue weighted by Gasteiger charge is 2.11. The third-order valence-electron chi connectivity index (χ3n) is 4.22. The molecule has 0 fully saturated rings. The number of nitrogens with one attached hydrogen (secondary N) is 1. The molecular formula is C19H34N2O3. The van der Waals surface area contributed by atoms with Crippen molar-refractivity contribution in [3.63, 3.8) is 0 Å². The Morgan fingerprint density at radius 1 is 1.08 bits per heavy atom. The molecule has 1 aromatic carbocycles. The summed E-state index contributed by atoms with van der Waals surface area (Å²) in [4.78, 5) is 2.39. The predicted octanol–water partition coefficient (Wildman–Crippen LogP) is 2.85. The summed E-state index contributed by atoms with van der Waals surface area (Å²) in [7, 11) is 3.42. The Bertz CT molecular complexity index is 450. The molecular weight excluding hydrogens is 304 g/mol. The van der Waals surface area contributed by atoms with Crippen molar-refractivity contribution in [2.75, 3.05) is 53.7 Å². The number of methoxy groups -OCH3 is 2. The molecule has 0 saturated carbocycles. The van der Waals surface area contributed by atoms with Crippen LogP contribution in [0, 0.1) is 0 Å². The molecule has 0 aromatic heterocycles. The van der Waals surface area contributed by atoms with Gasteiger partial charge in [-0.05, 0) is 37.7 Å². The van der Waals surface area contributed by atoms with Gasteiger partial charge in [-0.3, -0.25) is 4.90 Å². The lowest BCUT2D eigenvalue weighted by molar-refractivity contribution is 0.0712. The van der Waals surface area contributed by atoms with Crippen molar-refractivity contribution in [2.45, 2.75) is 33.4 Å². The molecule has 1 aromatic rings. The Hall–Kier alpha value is -1.14. The van der Waals surface area contributed by atoms with Gasteiger partial charge in [0.25, 0.3) is 0 Å². The van der Waals surface area contributed by atoms with Crippen LogP contribution in [0.2, 0.25) is 0 Å². The molecule has 1 unspecified atom stereocenters. The third-order valence-corrected chi connectivity index (χ3v) is 4.22. The Morgan fingerprint density at radius 3 is 2.46 bits per heavy atom. The quantitative estimate of drug-likeness (QED) is 0.560. The summed E-state index contributed by atoms with van der Waals surface area (Å²) in [6, 6.07) is 6.73. The van der Waals surface area contributed by atoms with Crippen LogP contribution in [0.3, 0.4) is 0 Å². The summed E-state index contributed by atoms with van der Waals surface area (Å²) in [5.41, 5.74) is 2.51. The van der Waals surface area contributed by atoms with Crippen molar-refractivity contribution < 1.29 is 14.2 Å². The molecule has 0 heterocycles. The first-order chi connectivity index (χ1) is 11.7. The van der Waals surface area contributed by atoms with Crippen LogP contribution in [0.1, 0.15) is 37.9 Å². The lowest BCUT2D eigenvalue weighted by Crippen LogP contribution is -2.25. The molecule has 0 aliphatic rings. The second-order valence-electron chi connectivity index (χ2n) is 5.81. The molecule has 0 bridgehead atoms. The highest BCUT2D eigenvalue weighted by Crippen LogP contribution is 2.24. The fourth-order valence-corrected chi connectivity index (χ4v) is 2.59. The summed E-state index contributed by atoms with van der Waals surface area (Å²) in [6.07, 6.45) is 0. The van der Waals surface area contributed by atoms with Crippen LogP contribution in [-0.2, 0) is 16.0 Å². The summed E-state index contributed by atoms with van der Waals surface area (Å²) >= 11 is 0. The number of ether oxygens (including phenoxy) is 3. The smallest absolute Gasteiger partial charge is 0.123 e. The number of nitrogens with zero attached hydrogens (tertiary/aromatic N) is 1. The van der Waals surface area contributed by atoms with E-state index in [-0.39, 0.29) is 6.04 Å². The van der Waals surface area contributed by atoms with Gasteiger partial charge in [0.2, 0.25) is 0 Å². The molecule has 0 aliphatic heterocycles. The zero-order valence-corrected chi connectivity index (χ0v) is 15.9. The SMILES string of the molecule is CCN(CC)Cc1cc(C(C)NCCOCCOC)ccc1OC. The lowest BCUT2D eigenvalue weighted by Gasteiger charge is -2.22. The van der Waals surface area contributed by atoms with Crippen LogP contribution in [0.4, 0.5) is 0 Å². The molecule has 0 saturated heterocycles. The van der Waals surface area contributed by atoms with Crippen molar-refractivity contribution in [1.29, 1.82) is 0 Å². The Balaban J connectivity index is 2.60. The normalized spacial score (nSPS) is 12.6. The van der Waals surface area contributed by atoms with Crippen molar-refractivity contribution in [3.05, 3.63) is 29.3 Å². The van der Waals surface area contributed by atoms with Crippen molar-refractivity contribution >= 4 is 0 Å². The fourth-order valence-electron chi connectivity index (χ4n) is 2.59. The largest absolute Gasteiger partial charge is 0.496 e. The second-order valence-corrected chi connectivity index (χ2v) is 5.81. The van der Waals surface area contributed by atoms with Gasteiger partial charge >= 0.3 is 0 Å². The Kier molecular flexibility index (Phi) is 10.7. The van der Waals surface area contributed by atoms with E-state index >= 15 is 0 Å². The zero-order chi connectivity index (χ0) is 17.8. The van der Waals surface area contributed by atoms with Crippen molar-refractivity contribution in [2.24, 2.45) is 0 Å². The summed E-state index contributed by atoms with van der Waals surface area (Å²) in [6.45, 7) is 12.3. The highest BCUT2D eigenvalue weighted by molar-refractivity contribution is 5.38. The topological polar surface area (TPSA) is 43.0 Å². The first-order valence-corrected chi connectivity index (χ1v) is 8.85. The minimum absolute atomic E-state index is 0.275. The molecule has 0 spiro atoms. The van der Waals surface area contributed by atoms with E-state index in [1.54, 1.807) is 14.2 Å². The van der Waals surface area contributed by atoms with E-state index in [0.717, 1.165) is 31.9 Å². The molecule has 5 nitrogen and oxygen atoms in total. The molecule has 1 atom stereocenters. The van der Waals surface area contributed by atoms with Crippen LogP contribution in [0.15, 0.2) is 18.2 Å². The second kappa shape index (κ2) is 12.3. The maximum atomic E-state index is 5.53.